The van der Waals surface area contributed by atoms with Gasteiger partial charge in [-0.3, -0.25) is 4.79 Å². The summed E-state index contributed by atoms with van der Waals surface area (Å²) in [6, 6.07) is 17.9. The minimum atomic E-state index is -4.15. The largest absolute Gasteiger partial charge is 0.322 e. The van der Waals surface area contributed by atoms with Gasteiger partial charge >= 0.3 is 0 Å². The van der Waals surface area contributed by atoms with Gasteiger partial charge in [0.25, 0.3) is 5.91 Å². The monoisotopic (exact) mass is 426 g/mol. The number of rotatable bonds is 7. The summed E-state index contributed by atoms with van der Waals surface area (Å²) in [6.45, 7) is 3.91. The Hall–Kier alpha value is -3.03. The van der Waals surface area contributed by atoms with Crippen molar-refractivity contribution in [2.45, 2.75) is 31.7 Å². The van der Waals surface area contributed by atoms with Crippen LogP contribution in [0.3, 0.4) is 0 Å². The number of carbonyl (C=O) groups excluding carboxylic acids is 1. The number of hydrogen-bond donors (Lipinski definition) is 2. The van der Waals surface area contributed by atoms with Gasteiger partial charge < -0.3 is 5.32 Å². The fourth-order valence-electron chi connectivity index (χ4n) is 2.96. The standard InChI is InChI=1S/C23H23FN2O3S/c1-3-18-6-4-5-7-21(18)26-23(27)19-12-13-20(24)22(14-19)30(28,29)25-15-17-10-8-16(2)9-11-17/h4-14,25H,3,15H2,1-2H3,(H,26,27). The van der Waals surface area contributed by atoms with Gasteiger partial charge in [0.2, 0.25) is 10.0 Å². The summed E-state index contributed by atoms with van der Waals surface area (Å²) in [6.07, 6.45) is 0.725. The highest BCUT2D eigenvalue weighted by molar-refractivity contribution is 7.89. The summed E-state index contributed by atoms with van der Waals surface area (Å²) >= 11 is 0. The number of benzene rings is 3. The quantitative estimate of drug-likeness (QED) is 0.587. The molecule has 0 aliphatic rings. The van der Waals surface area contributed by atoms with Crippen molar-refractivity contribution in [1.82, 2.24) is 4.72 Å². The van der Waals surface area contributed by atoms with Crippen molar-refractivity contribution in [1.29, 1.82) is 0 Å². The third-order valence-corrected chi connectivity index (χ3v) is 6.13. The lowest BCUT2D eigenvalue weighted by Gasteiger charge is -2.12. The topological polar surface area (TPSA) is 75.3 Å². The van der Waals surface area contributed by atoms with Crippen molar-refractivity contribution < 1.29 is 17.6 Å². The molecule has 0 heterocycles. The first-order valence-electron chi connectivity index (χ1n) is 9.54. The van der Waals surface area contributed by atoms with E-state index < -0.39 is 26.6 Å². The predicted molar refractivity (Wildman–Crippen MR) is 115 cm³/mol. The van der Waals surface area contributed by atoms with E-state index in [1.807, 2.05) is 38.1 Å². The van der Waals surface area contributed by atoms with Gasteiger partial charge in [-0.2, -0.15) is 0 Å². The average Bonchev–Trinajstić information content (AvgIpc) is 2.74. The van der Waals surface area contributed by atoms with Gasteiger partial charge in [0.1, 0.15) is 10.7 Å². The van der Waals surface area contributed by atoms with Gasteiger partial charge in [0.05, 0.1) is 0 Å². The Morgan fingerprint density at radius 2 is 1.70 bits per heavy atom. The highest BCUT2D eigenvalue weighted by Crippen LogP contribution is 2.20. The van der Waals surface area contributed by atoms with Crippen LogP contribution in [0.2, 0.25) is 0 Å². The molecule has 0 saturated heterocycles. The van der Waals surface area contributed by atoms with Crippen LogP contribution in [0.25, 0.3) is 0 Å². The number of carbonyl (C=O) groups is 1. The molecule has 156 valence electrons. The fraction of sp³-hybridized carbons (Fsp3) is 0.174. The summed E-state index contributed by atoms with van der Waals surface area (Å²) in [4.78, 5) is 12.1. The molecule has 0 aromatic heterocycles. The zero-order chi connectivity index (χ0) is 21.7. The first kappa shape index (κ1) is 21.7. The summed E-state index contributed by atoms with van der Waals surface area (Å²) < 4.78 is 42.0. The lowest BCUT2D eigenvalue weighted by molar-refractivity contribution is 0.102. The van der Waals surface area contributed by atoms with Crippen molar-refractivity contribution in [3.8, 4) is 0 Å². The molecule has 7 heteroatoms. The van der Waals surface area contributed by atoms with E-state index in [0.717, 1.165) is 35.2 Å². The van der Waals surface area contributed by atoms with E-state index in [4.69, 9.17) is 0 Å². The Balaban J connectivity index is 1.81. The average molecular weight is 427 g/mol. The first-order valence-corrected chi connectivity index (χ1v) is 11.0. The molecule has 0 aliphatic carbocycles. The maximum Gasteiger partial charge on any atom is 0.255 e. The van der Waals surface area contributed by atoms with Crippen LogP contribution in [-0.2, 0) is 23.0 Å². The molecule has 0 saturated carbocycles. The number of anilines is 1. The number of halogens is 1. The van der Waals surface area contributed by atoms with E-state index in [2.05, 4.69) is 10.0 Å². The van der Waals surface area contributed by atoms with E-state index in [9.17, 15) is 17.6 Å². The molecule has 2 N–H and O–H groups in total. The number of amides is 1. The van der Waals surface area contributed by atoms with E-state index >= 15 is 0 Å². The maximum atomic E-state index is 14.3. The molecule has 3 rings (SSSR count). The lowest BCUT2D eigenvalue weighted by atomic mass is 10.1. The minimum Gasteiger partial charge on any atom is -0.322 e. The summed E-state index contributed by atoms with van der Waals surface area (Å²) in [5.74, 6) is -1.43. The Labute approximate surface area is 176 Å². The highest BCUT2D eigenvalue weighted by Gasteiger charge is 2.21. The van der Waals surface area contributed by atoms with E-state index in [0.29, 0.717) is 5.69 Å². The third-order valence-electron chi connectivity index (χ3n) is 4.72. The molecule has 30 heavy (non-hydrogen) atoms. The number of para-hydroxylation sites is 1. The normalized spacial score (nSPS) is 11.3. The van der Waals surface area contributed by atoms with Crippen molar-refractivity contribution in [3.05, 3.63) is 94.8 Å². The molecule has 0 spiro atoms. The molecule has 0 unspecified atom stereocenters. The Kier molecular flexibility index (Phi) is 6.64. The molecule has 5 nitrogen and oxygen atoms in total. The van der Waals surface area contributed by atoms with E-state index in [1.165, 1.54) is 6.07 Å². The zero-order valence-electron chi connectivity index (χ0n) is 16.8. The SMILES string of the molecule is CCc1ccccc1NC(=O)c1ccc(F)c(S(=O)(=O)NCc2ccc(C)cc2)c1. The Bertz CT molecular complexity index is 1160. The van der Waals surface area contributed by atoms with Gasteiger partial charge in [-0.25, -0.2) is 17.5 Å². The van der Waals surface area contributed by atoms with E-state index in [-0.39, 0.29) is 12.1 Å². The second-order valence-corrected chi connectivity index (χ2v) is 8.66. The van der Waals surface area contributed by atoms with Crippen molar-refractivity contribution in [2.24, 2.45) is 0 Å². The van der Waals surface area contributed by atoms with Crippen LogP contribution in [0.4, 0.5) is 10.1 Å². The van der Waals surface area contributed by atoms with Crippen molar-refractivity contribution in [3.63, 3.8) is 0 Å². The molecular weight excluding hydrogens is 403 g/mol. The minimum absolute atomic E-state index is 0.0162. The van der Waals surface area contributed by atoms with Crippen molar-refractivity contribution >= 4 is 21.6 Å². The van der Waals surface area contributed by atoms with Crippen LogP contribution >= 0.6 is 0 Å². The molecule has 0 atom stereocenters. The number of hydrogen-bond acceptors (Lipinski definition) is 3. The molecular formula is C23H23FN2O3S. The summed E-state index contributed by atoms with van der Waals surface area (Å²) in [5, 5.41) is 2.76. The van der Waals surface area contributed by atoms with E-state index in [1.54, 1.807) is 24.3 Å². The number of nitrogens with one attached hydrogen (secondary N) is 2. The van der Waals surface area contributed by atoms with Crippen LogP contribution in [-0.4, -0.2) is 14.3 Å². The number of sulfonamides is 1. The highest BCUT2D eigenvalue weighted by atomic mass is 32.2. The molecule has 3 aromatic rings. The van der Waals surface area contributed by atoms with Crippen LogP contribution in [0.5, 0.6) is 0 Å². The van der Waals surface area contributed by atoms with Crippen LogP contribution in [0.1, 0.15) is 34.0 Å². The van der Waals surface area contributed by atoms with Crippen LogP contribution in [0, 0.1) is 12.7 Å². The van der Waals surface area contributed by atoms with Gasteiger partial charge in [-0.15, -0.1) is 0 Å². The molecule has 0 aliphatic heterocycles. The van der Waals surface area contributed by atoms with Gasteiger partial charge in [-0.1, -0.05) is 55.0 Å². The molecule has 0 fully saturated rings. The van der Waals surface area contributed by atoms with Crippen LogP contribution < -0.4 is 10.0 Å². The summed E-state index contributed by atoms with van der Waals surface area (Å²) in [7, 11) is -4.15. The second-order valence-electron chi connectivity index (χ2n) is 6.92. The Morgan fingerprint density at radius 3 is 2.40 bits per heavy atom. The maximum absolute atomic E-state index is 14.3. The first-order chi connectivity index (χ1) is 14.3. The molecule has 0 bridgehead atoms. The third kappa shape index (κ3) is 5.11. The smallest absolute Gasteiger partial charge is 0.255 e. The zero-order valence-corrected chi connectivity index (χ0v) is 17.6. The predicted octanol–water partition coefficient (Wildman–Crippen LogP) is 4.43. The molecule has 0 radical (unpaired) electrons. The molecule has 1 amide bonds. The van der Waals surface area contributed by atoms with Gasteiger partial charge in [0.15, 0.2) is 0 Å². The lowest BCUT2D eigenvalue weighted by Crippen LogP contribution is -2.25. The van der Waals surface area contributed by atoms with Gasteiger partial charge in [-0.05, 0) is 48.7 Å². The fourth-order valence-corrected chi connectivity index (χ4v) is 4.08. The van der Waals surface area contributed by atoms with Gasteiger partial charge in [0, 0.05) is 17.8 Å². The Morgan fingerprint density at radius 1 is 1.00 bits per heavy atom. The van der Waals surface area contributed by atoms with Crippen LogP contribution in [0.15, 0.2) is 71.6 Å². The van der Waals surface area contributed by atoms with Crippen molar-refractivity contribution in [2.75, 3.05) is 5.32 Å². The number of aryl methyl sites for hydroxylation is 2. The second kappa shape index (κ2) is 9.19. The molecule has 3 aromatic carbocycles. The summed E-state index contributed by atoms with van der Waals surface area (Å²) in [5.41, 5.74) is 3.43.